The SMILES string of the molecule is CC1C(NC(=O)c2cscn2)CCC(C(=O)O)C1(C)C. The summed E-state index contributed by atoms with van der Waals surface area (Å²) in [7, 11) is 0. The molecule has 3 unspecified atom stereocenters. The molecule has 0 radical (unpaired) electrons. The van der Waals surface area contributed by atoms with Crippen LogP contribution in [0.4, 0.5) is 0 Å². The Morgan fingerprint density at radius 2 is 2.15 bits per heavy atom. The van der Waals surface area contributed by atoms with E-state index in [1.54, 1.807) is 10.9 Å². The fourth-order valence-electron chi connectivity index (χ4n) is 3.01. The number of rotatable bonds is 3. The molecular weight excluding hydrogens is 276 g/mol. The molecule has 0 aliphatic heterocycles. The number of aliphatic carboxylic acids is 1. The van der Waals surface area contributed by atoms with Gasteiger partial charge in [-0.25, -0.2) is 4.98 Å². The number of aromatic nitrogens is 1. The van der Waals surface area contributed by atoms with Crippen molar-refractivity contribution in [3.05, 3.63) is 16.6 Å². The van der Waals surface area contributed by atoms with E-state index in [1.807, 2.05) is 20.8 Å². The maximum atomic E-state index is 12.1. The molecule has 1 aliphatic carbocycles. The summed E-state index contributed by atoms with van der Waals surface area (Å²) in [5.74, 6) is -1.18. The standard InChI is InChI=1S/C14H20N2O3S/c1-8-10(16-12(17)11-6-20-7-15-11)5-4-9(13(18)19)14(8,2)3/h6-10H,4-5H2,1-3H3,(H,16,17)(H,18,19). The van der Waals surface area contributed by atoms with Gasteiger partial charge in [-0.1, -0.05) is 20.8 Å². The molecule has 0 saturated heterocycles. The summed E-state index contributed by atoms with van der Waals surface area (Å²) in [6, 6.07) is -0.00481. The van der Waals surface area contributed by atoms with Crippen molar-refractivity contribution < 1.29 is 14.7 Å². The van der Waals surface area contributed by atoms with E-state index in [4.69, 9.17) is 0 Å². The van der Waals surface area contributed by atoms with E-state index in [-0.39, 0.29) is 29.2 Å². The largest absolute Gasteiger partial charge is 0.481 e. The number of nitrogens with one attached hydrogen (secondary N) is 1. The Labute approximate surface area is 122 Å². The number of carboxylic acids is 1. The van der Waals surface area contributed by atoms with Gasteiger partial charge in [0.1, 0.15) is 5.69 Å². The lowest BCUT2D eigenvalue weighted by Crippen LogP contribution is -2.52. The van der Waals surface area contributed by atoms with Crippen molar-refractivity contribution in [1.29, 1.82) is 0 Å². The van der Waals surface area contributed by atoms with Crippen molar-refractivity contribution in [2.75, 3.05) is 0 Å². The van der Waals surface area contributed by atoms with E-state index in [0.29, 0.717) is 18.5 Å². The van der Waals surface area contributed by atoms with Crippen LogP contribution in [-0.4, -0.2) is 28.0 Å². The Balaban J connectivity index is 2.08. The molecule has 6 heteroatoms. The Bertz CT molecular complexity index is 499. The van der Waals surface area contributed by atoms with Crippen molar-refractivity contribution in [3.63, 3.8) is 0 Å². The fourth-order valence-corrected chi connectivity index (χ4v) is 3.54. The van der Waals surface area contributed by atoms with Crippen LogP contribution < -0.4 is 5.32 Å². The van der Waals surface area contributed by atoms with Gasteiger partial charge in [-0.3, -0.25) is 9.59 Å². The highest BCUT2D eigenvalue weighted by atomic mass is 32.1. The highest BCUT2D eigenvalue weighted by molar-refractivity contribution is 7.07. The number of carboxylic acid groups (broad SMARTS) is 1. The molecule has 1 aromatic heterocycles. The van der Waals surface area contributed by atoms with E-state index in [9.17, 15) is 14.7 Å². The lowest BCUT2D eigenvalue weighted by Gasteiger charge is -2.46. The molecule has 0 bridgehead atoms. The lowest BCUT2D eigenvalue weighted by molar-refractivity contribution is -0.150. The van der Waals surface area contributed by atoms with Crippen LogP contribution in [0.2, 0.25) is 0 Å². The highest BCUT2D eigenvalue weighted by Gasteiger charge is 2.46. The summed E-state index contributed by atoms with van der Waals surface area (Å²) >= 11 is 1.39. The van der Waals surface area contributed by atoms with Crippen molar-refractivity contribution in [3.8, 4) is 0 Å². The van der Waals surface area contributed by atoms with Gasteiger partial charge in [0.15, 0.2) is 0 Å². The van der Waals surface area contributed by atoms with Gasteiger partial charge in [-0.15, -0.1) is 11.3 Å². The van der Waals surface area contributed by atoms with Crippen LogP contribution in [0.1, 0.15) is 44.1 Å². The quantitative estimate of drug-likeness (QED) is 0.897. The number of carbonyl (C=O) groups is 2. The number of amides is 1. The Hall–Kier alpha value is -1.43. The fraction of sp³-hybridized carbons (Fsp3) is 0.643. The minimum atomic E-state index is -0.744. The number of hydrogen-bond acceptors (Lipinski definition) is 4. The first-order valence-electron chi connectivity index (χ1n) is 6.76. The van der Waals surface area contributed by atoms with Crippen LogP contribution in [-0.2, 0) is 4.79 Å². The Morgan fingerprint density at radius 3 is 2.70 bits per heavy atom. The van der Waals surface area contributed by atoms with Gasteiger partial charge >= 0.3 is 5.97 Å². The molecule has 2 N–H and O–H groups in total. The molecule has 1 aromatic rings. The minimum Gasteiger partial charge on any atom is -0.481 e. The van der Waals surface area contributed by atoms with E-state index in [0.717, 1.165) is 0 Å². The number of nitrogens with zero attached hydrogens (tertiary/aromatic N) is 1. The van der Waals surface area contributed by atoms with Crippen molar-refractivity contribution in [1.82, 2.24) is 10.3 Å². The van der Waals surface area contributed by atoms with E-state index >= 15 is 0 Å². The minimum absolute atomic E-state index is 0.00481. The number of hydrogen-bond donors (Lipinski definition) is 2. The molecule has 5 nitrogen and oxygen atoms in total. The van der Waals surface area contributed by atoms with E-state index in [1.165, 1.54) is 11.3 Å². The second kappa shape index (κ2) is 5.52. The molecular formula is C14H20N2O3S. The van der Waals surface area contributed by atoms with Gasteiger partial charge in [0, 0.05) is 11.4 Å². The summed E-state index contributed by atoms with van der Waals surface area (Å²) in [5, 5.41) is 14.0. The molecule has 1 aliphatic rings. The molecule has 2 rings (SSSR count). The zero-order chi connectivity index (χ0) is 14.9. The van der Waals surface area contributed by atoms with Crippen LogP contribution in [0, 0.1) is 17.3 Å². The molecule has 1 saturated carbocycles. The molecule has 1 amide bonds. The Morgan fingerprint density at radius 1 is 1.45 bits per heavy atom. The van der Waals surface area contributed by atoms with Gasteiger partial charge in [0.2, 0.25) is 0 Å². The smallest absolute Gasteiger partial charge is 0.307 e. The maximum Gasteiger partial charge on any atom is 0.307 e. The summed E-state index contributed by atoms with van der Waals surface area (Å²) < 4.78 is 0. The van der Waals surface area contributed by atoms with Crippen molar-refractivity contribution in [2.24, 2.45) is 17.3 Å². The first kappa shape index (κ1) is 15.0. The van der Waals surface area contributed by atoms with E-state index < -0.39 is 5.97 Å². The van der Waals surface area contributed by atoms with Crippen LogP contribution in [0.25, 0.3) is 0 Å². The topological polar surface area (TPSA) is 79.3 Å². The monoisotopic (exact) mass is 296 g/mol. The first-order valence-corrected chi connectivity index (χ1v) is 7.70. The molecule has 0 spiro atoms. The molecule has 20 heavy (non-hydrogen) atoms. The van der Waals surface area contributed by atoms with Crippen LogP contribution in [0.5, 0.6) is 0 Å². The average molecular weight is 296 g/mol. The molecule has 1 fully saturated rings. The van der Waals surface area contributed by atoms with Crippen molar-refractivity contribution in [2.45, 2.75) is 39.7 Å². The van der Waals surface area contributed by atoms with Gasteiger partial charge < -0.3 is 10.4 Å². The summed E-state index contributed by atoms with van der Waals surface area (Å²) in [6.07, 6.45) is 1.28. The van der Waals surface area contributed by atoms with Gasteiger partial charge in [-0.2, -0.15) is 0 Å². The van der Waals surface area contributed by atoms with Gasteiger partial charge in [0.25, 0.3) is 5.91 Å². The predicted octanol–water partition coefficient (Wildman–Crippen LogP) is 2.40. The Kier molecular flexibility index (Phi) is 4.13. The van der Waals surface area contributed by atoms with Crippen molar-refractivity contribution >= 4 is 23.2 Å². The van der Waals surface area contributed by atoms with Gasteiger partial charge in [0.05, 0.1) is 11.4 Å². The van der Waals surface area contributed by atoms with Crippen LogP contribution in [0.15, 0.2) is 10.9 Å². The van der Waals surface area contributed by atoms with Crippen LogP contribution >= 0.6 is 11.3 Å². The maximum absolute atomic E-state index is 12.1. The number of carbonyl (C=O) groups excluding carboxylic acids is 1. The summed E-state index contributed by atoms with van der Waals surface area (Å²) in [5.41, 5.74) is 1.72. The number of thiazole rings is 1. The highest BCUT2D eigenvalue weighted by Crippen LogP contribution is 2.45. The third-order valence-corrected chi connectivity index (χ3v) is 5.31. The molecule has 1 heterocycles. The summed E-state index contributed by atoms with van der Waals surface area (Å²) in [6.45, 7) is 5.95. The third-order valence-electron chi connectivity index (χ3n) is 4.72. The summed E-state index contributed by atoms with van der Waals surface area (Å²) in [4.78, 5) is 27.4. The molecule has 3 atom stereocenters. The normalized spacial score (nSPS) is 28.9. The van der Waals surface area contributed by atoms with E-state index in [2.05, 4.69) is 10.3 Å². The average Bonchev–Trinajstić information content (AvgIpc) is 2.88. The third kappa shape index (κ3) is 2.70. The second-order valence-electron chi connectivity index (χ2n) is 6.03. The molecule has 110 valence electrons. The van der Waals surface area contributed by atoms with Crippen LogP contribution in [0.3, 0.4) is 0 Å². The zero-order valence-electron chi connectivity index (χ0n) is 11.9. The second-order valence-corrected chi connectivity index (χ2v) is 6.75. The lowest BCUT2D eigenvalue weighted by atomic mass is 9.61. The predicted molar refractivity (Wildman–Crippen MR) is 76.7 cm³/mol. The van der Waals surface area contributed by atoms with Gasteiger partial charge in [-0.05, 0) is 24.2 Å². The molecule has 0 aromatic carbocycles. The first-order chi connectivity index (χ1) is 9.34. The zero-order valence-corrected chi connectivity index (χ0v) is 12.7.